The summed E-state index contributed by atoms with van der Waals surface area (Å²) in [6.45, 7) is 3.88. The zero-order chi connectivity index (χ0) is 22.5. The fourth-order valence-electron chi connectivity index (χ4n) is 3.57. The Morgan fingerprint density at radius 1 is 1.32 bits per heavy atom. The van der Waals surface area contributed by atoms with Crippen LogP contribution in [0.15, 0.2) is 35.9 Å². The van der Waals surface area contributed by atoms with Crippen molar-refractivity contribution in [2.75, 3.05) is 12.4 Å². The summed E-state index contributed by atoms with van der Waals surface area (Å²) in [6, 6.07) is 8.71. The lowest BCUT2D eigenvalue weighted by Crippen LogP contribution is -2.11. The second kappa shape index (κ2) is 9.35. The molecule has 3 rings (SSSR count). The Balaban J connectivity index is 1.66. The summed E-state index contributed by atoms with van der Waals surface area (Å²) in [5.74, 6) is -0.228. The van der Waals surface area contributed by atoms with Crippen molar-refractivity contribution in [1.29, 1.82) is 5.26 Å². The van der Waals surface area contributed by atoms with E-state index in [4.69, 9.17) is 14.7 Å². The molecule has 0 bridgehead atoms. The maximum Gasteiger partial charge on any atom is 0.342 e. The smallest absolute Gasteiger partial charge is 0.342 e. The molecule has 160 valence electrons. The molecule has 0 aromatic heterocycles. The van der Waals surface area contributed by atoms with Gasteiger partial charge in [-0.25, -0.2) is 4.79 Å². The van der Waals surface area contributed by atoms with Gasteiger partial charge in [-0.1, -0.05) is 11.6 Å². The Morgan fingerprint density at radius 3 is 2.68 bits per heavy atom. The van der Waals surface area contributed by atoms with Crippen molar-refractivity contribution in [1.82, 2.24) is 0 Å². The summed E-state index contributed by atoms with van der Waals surface area (Å²) in [4.78, 5) is 24.2. The minimum absolute atomic E-state index is 0.109. The molecular formula is C24H24N2O5. The van der Waals surface area contributed by atoms with E-state index in [9.17, 15) is 14.7 Å². The quantitative estimate of drug-likeness (QED) is 0.514. The van der Waals surface area contributed by atoms with Gasteiger partial charge in [-0.2, -0.15) is 5.26 Å². The van der Waals surface area contributed by atoms with Crippen LogP contribution in [-0.2, 0) is 22.6 Å². The van der Waals surface area contributed by atoms with Gasteiger partial charge < -0.3 is 19.9 Å². The zero-order valence-electron chi connectivity index (χ0n) is 17.7. The largest absolute Gasteiger partial charge is 0.507 e. The first kappa shape index (κ1) is 21.9. The SMILES string of the molecule is COc1c(C)c2c(c(O)c1C/C=C(\C)CCC(=O)Nc1ccc(C#N)cc1)C(=O)OC2. The molecule has 0 unspecified atom stereocenters. The summed E-state index contributed by atoms with van der Waals surface area (Å²) >= 11 is 0. The van der Waals surface area contributed by atoms with Crippen molar-refractivity contribution in [3.05, 3.63) is 63.7 Å². The molecule has 31 heavy (non-hydrogen) atoms. The number of nitrogens with one attached hydrogen (secondary N) is 1. The highest BCUT2D eigenvalue weighted by Crippen LogP contribution is 2.42. The van der Waals surface area contributed by atoms with Gasteiger partial charge in [-0.05, 0) is 56.5 Å². The zero-order valence-corrected chi connectivity index (χ0v) is 17.7. The fourth-order valence-corrected chi connectivity index (χ4v) is 3.57. The van der Waals surface area contributed by atoms with E-state index in [1.54, 1.807) is 24.3 Å². The summed E-state index contributed by atoms with van der Waals surface area (Å²) in [7, 11) is 1.53. The molecular weight excluding hydrogens is 396 g/mol. The van der Waals surface area contributed by atoms with Crippen molar-refractivity contribution >= 4 is 17.6 Å². The van der Waals surface area contributed by atoms with E-state index >= 15 is 0 Å². The van der Waals surface area contributed by atoms with Gasteiger partial charge in [0.15, 0.2) is 0 Å². The minimum atomic E-state index is -0.528. The van der Waals surface area contributed by atoms with Crippen molar-refractivity contribution < 1.29 is 24.2 Å². The van der Waals surface area contributed by atoms with Crippen LogP contribution < -0.4 is 10.1 Å². The van der Waals surface area contributed by atoms with Crippen LogP contribution >= 0.6 is 0 Å². The monoisotopic (exact) mass is 420 g/mol. The third kappa shape index (κ3) is 4.69. The number of hydrogen-bond acceptors (Lipinski definition) is 6. The maximum atomic E-state index is 12.2. The van der Waals surface area contributed by atoms with Crippen molar-refractivity contribution in [2.45, 2.75) is 39.7 Å². The van der Waals surface area contributed by atoms with Gasteiger partial charge in [0.1, 0.15) is 23.7 Å². The van der Waals surface area contributed by atoms with E-state index in [0.717, 1.165) is 11.1 Å². The van der Waals surface area contributed by atoms with Crippen molar-refractivity contribution in [3.63, 3.8) is 0 Å². The number of phenolic OH excluding ortho intramolecular Hbond substituents is 1. The van der Waals surface area contributed by atoms with Gasteiger partial charge in [0.2, 0.25) is 5.91 Å². The van der Waals surface area contributed by atoms with Crippen LogP contribution in [0, 0.1) is 18.3 Å². The number of carbonyl (C=O) groups excluding carboxylic acids is 2. The molecule has 0 aliphatic carbocycles. The standard InChI is InChI=1S/C24H24N2O5/c1-14(5-11-20(27)26-17-8-6-16(12-25)7-9-17)4-10-18-22(28)21-19(13-31-24(21)29)15(2)23(18)30-3/h4,6-9,28H,5,10-11,13H2,1-3H3,(H,26,27)/b14-4+. The molecule has 0 atom stereocenters. The second-order valence-corrected chi connectivity index (χ2v) is 7.41. The summed E-state index contributed by atoms with van der Waals surface area (Å²) in [6.07, 6.45) is 3.11. The number of ether oxygens (including phenoxy) is 2. The van der Waals surface area contributed by atoms with E-state index in [1.165, 1.54) is 7.11 Å². The summed E-state index contributed by atoms with van der Waals surface area (Å²) < 4.78 is 10.6. The molecule has 1 aliphatic rings. The summed E-state index contributed by atoms with van der Waals surface area (Å²) in [5, 5.41) is 22.3. The number of aromatic hydroxyl groups is 1. The average Bonchev–Trinajstić information content (AvgIpc) is 3.16. The number of benzene rings is 2. The van der Waals surface area contributed by atoms with E-state index in [0.29, 0.717) is 47.4 Å². The fraction of sp³-hybridized carbons (Fsp3) is 0.292. The Bertz CT molecular complexity index is 1090. The minimum Gasteiger partial charge on any atom is -0.507 e. The van der Waals surface area contributed by atoms with Crippen LogP contribution in [-0.4, -0.2) is 24.1 Å². The van der Waals surface area contributed by atoms with E-state index < -0.39 is 5.97 Å². The highest BCUT2D eigenvalue weighted by molar-refractivity contribution is 5.98. The normalized spacial score (nSPS) is 12.7. The number of nitrogens with zero attached hydrogens (tertiary/aromatic N) is 1. The third-order valence-corrected chi connectivity index (χ3v) is 5.35. The molecule has 1 amide bonds. The number of hydrogen-bond donors (Lipinski definition) is 2. The molecule has 0 fully saturated rings. The van der Waals surface area contributed by atoms with E-state index in [2.05, 4.69) is 5.32 Å². The lowest BCUT2D eigenvalue weighted by Gasteiger charge is -2.15. The molecule has 7 heteroatoms. The van der Waals surface area contributed by atoms with Gasteiger partial charge in [0.25, 0.3) is 0 Å². The first-order chi connectivity index (χ1) is 14.8. The van der Waals surface area contributed by atoms with Crippen LogP contribution in [0.25, 0.3) is 0 Å². The van der Waals surface area contributed by atoms with Crippen molar-refractivity contribution in [2.24, 2.45) is 0 Å². The van der Waals surface area contributed by atoms with Gasteiger partial charge in [0, 0.05) is 23.2 Å². The van der Waals surface area contributed by atoms with Gasteiger partial charge in [-0.15, -0.1) is 0 Å². The molecule has 0 saturated carbocycles. The molecule has 0 radical (unpaired) electrons. The van der Waals surface area contributed by atoms with Crippen LogP contribution in [0.4, 0.5) is 5.69 Å². The molecule has 1 aliphatic heterocycles. The number of anilines is 1. The third-order valence-electron chi connectivity index (χ3n) is 5.35. The predicted molar refractivity (Wildman–Crippen MR) is 115 cm³/mol. The van der Waals surface area contributed by atoms with Crippen LogP contribution in [0.5, 0.6) is 11.5 Å². The Morgan fingerprint density at radius 2 is 2.03 bits per heavy atom. The Labute approximate surface area is 180 Å². The number of carbonyl (C=O) groups is 2. The second-order valence-electron chi connectivity index (χ2n) is 7.41. The topological polar surface area (TPSA) is 109 Å². The lowest BCUT2D eigenvalue weighted by molar-refractivity contribution is -0.116. The summed E-state index contributed by atoms with van der Waals surface area (Å²) in [5.41, 5.74) is 4.32. The van der Waals surface area contributed by atoms with Crippen molar-refractivity contribution in [3.8, 4) is 17.6 Å². The first-order valence-electron chi connectivity index (χ1n) is 9.89. The molecule has 2 N–H and O–H groups in total. The number of nitriles is 1. The Kier molecular flexibility index (Phi) is 6.61. The Hall–Kier alpha value is -3.79. The molecule has 2 aromatic carbocycles. The van der Waals surface area contributed by atoms with Gasteiger partial charge >= 0.3 is 5.97 Å². The predicted octanol–water partition coefficient (Wildman–Crippen LogP) is 4.16. The van der Waals surface area contributed by atoms with E-state index in [-0.39, 0.29) is 23.8 Å². The number of fused-ring (bicyclic) bond motifs is 1. The highest BCUT2D eigenvalue weighted by Gasteiger charge is 2.31. The average molecular weight is 420 g/mol. The molecule has 0 spiro atoms. The van der Waals surface area contributed by atoms with E-state index in [1.807, 2.05) is 26.0 Å². The number of rotatable bonds is 7. The highest BCUT2D eigenvalue weighted by atomic mass is 16.5. The molecule has 2 aromatic rings. The molecule has 7 nitrogen and oxygen atoms in total. The number of methoxy groups -OCH3 is 1. The number of cyclic esters (lactones) is 1. The number of phenols is 1. The van der Waals surface area contributed by atoms with Gasteiger partial charge in [-0.3, -0.25) is 4.79 Å². The number of amides is 1. The molecule has 0 saturated heterocycles. The maximum absolute atomic E-state index is 12.2. The van der Waals surface area contributed by atoms with Gasteiger partial charge in [0.05, 0.1) is 18.7 Å². The first-order valence-corrected chi connectivity index (χ1v) is 9.89. The molecule has 1 heterocycles. The lowest BCUT2D eigenvalue weighted by atomic mass is 9.94. The van der Waals surface area contributed by atoms with Crippen LogP contribution in [0.3, 0.4) is 0 Å². The number of allylic oxidation sites excluding steroid dienone is 2. The number of esters is 1. The van der Waals surface area contributed by atoms with Crippen LogP contribution in [0.1, 0.15) is 52.4 Å². The van der Waals surface area contributed by atoms with Crippen LogP contribution in [0.2, 0.25) is 0 Å².